The average molecular weight is 356 g/mol. The van der Waals surface area contributed by atoms with Crippen LogP contribution >= 0.6 is 0 Å². The summed E-state index contributed by atoms with van der Waals surface area (Å²) in [5.41, 5.74) is 2.99. The van der Waals surface area contributed by atoms with E-state index < -0.39 is 0 Å². The molecule has 0 unspecified atom stereocenters. The number of aliphatic imine (C=N–C) groups is 1. The van der Waals surface area contributed by atoms with E-state index in [0.717, 1.165) is 12.5 Å². The van der Waals surface area contributed by atoms with Crippen LogP contribution in [0.4, 0.5) is 0 Å². The lowest BCUT2D eigenvalue weighted by Crippen LogP contribution is -2.34. The van der Waals surface area contributed by atoms with E-state index in [1.807, 2.05) is 0 Å². The van der Waals surface area contributed by atoms with Gasteiger partial charge in [0.25, 0.3) is 0 Å². The fourth-order valence-electron chi connectivity index (χ4n) is 4.71. The Labute approximate surface area is 160 Å². The van der Waals surface area contributed by atoms with Crippen LogP contribution in [0.1, 0.15) is 96.1 Å². The Kier molecular flexibility index (Phi) is 6.42. The van der Waals surface area contributed by atoms with Gasteiger partial charge in [-0.15, -0.1) is 0 Å². The maximum Gasteiger partial charge on any atom is 0.194 e. The molecule has 0 spiro atoms. The van der Waals surface area contributed by atoms with Crippen molar-refractivity contribution < 1.29 is 4.74 Å². The first-order valence-electron chi connectivity index (χ1n) is 10.9. The van der Waals surface area contributed by atoms with E-state index in [9.17, 15) is 0 Å². The van der Waals surface area contributed by atoms with Gasteiger partial charge in [0.1, 0.15) is 6.61 Å². The summed E-state index contributed by atoms with van der Waals surface area (Å²) in [5, 5.41) is 0. The van der Waals surface area contributed by atoms with Crippen LogP contribution in [-0.2, 0) is 16.6 Å². The molecule has 0 atom stereocenters. The highest BCUT2D eigenvalue weighted by Crippen LogP contribution is 2.46. The Morgan fingerprint density at radius 1 is 0.962 bits per heavy atom. The third-order valence-corrected chi connectivity index (χ3v) is 6.17. The standard InChI is InChI=1S/C24H37NO/c1-4-5-6-7-8-9-14-20-15-10-11-16-21(20)24(17-12-13-18-24)22-25-23(2,3)19-26-22/h10-11,15-16H,4-9,12-14,17-19H2,1-3H3. The van der Waals surface area contributed by atoms with Crippen LogP contribution in [-0.4, -0.2) is 18.0 Å². The number of hydrogen-bond donors (Lipinski definition) is 0. The fourth-order valence-corrected chi connectivity index (χ4v) is 4.71. The zero-order chi connectivity index (χ0) is 18.5. The molecule has 2 aliphatic rings. The smallest absolute Gasteiger partial charge is 0.194 e. The van der Waals surface area contributed by atoms with Gasteiger partial charge >= 0.3 is 0 Å². The van der Waals surface area contributed by atoms with Gasteiger partial charge in [0.2, 0.25) is 0 Å². The Hall–Kier alpha value is -1.31. The number of rotatable bonds is 9. The molecular weight excluding hydrogens is 318 g/mol. The van der Waals surface area contributed by atoms with Gasteiger partial charge in [-0.2, -0.15) is 0 Å². The van der Waals surface area contributed by atoms with E-state index >= 15 is 0 Å². The first-order valence-corrected chi connectivity index (χ1v) is 10.9. The Bertz CT molecular complexity index is 610. The number of nitrogens with zero attached hydrogens (tertiary/aromatic N) is 1. The van der Waals surface area contributed by atoms with Gasteiger partial charge in [0.15, 0.2) is 5.90 Å². The maximum absolute atomic E-state index is 6.18. The highest BCUT2D eigenvalue weighted by atomic mass is 16.5. The Balaban J connectivity index is 1.76. The van der Waals surface area contributed by atoms with Crippen molar-refractivity contribution in [3.05, 3.63) is 35.4 Å². The van der Waals surface area contributed by atoms with Crippen LogP contribution in [0.25, 0.3) is 0 Å². The molecule has 0 N–H and O–H groups in total. The molecule has 0 bridgehead atoms. The molecule has 1 aromatic carbocycles. The first kappa shape index (κ1) is 19.5. The minimum absolute atomic E-state index is 0.0343. The molecule has 2 nitrogen and oxygen atoms in total. The molecule has 144 valence electrons. The molecule has 1 aliphatic carbocycles. The molecule has 1 aliphatic heterocycles. The van der Waals surface area contributed by atoms with Crippen molar-refractivity contribution in [2.75, 3.05) is 6.61 Å². The first-order chi connectivity index (χ1) is 12.6. The lowest BCUT2D eigenvalue weighted by Gasteiger charge is -2.31. The van der Waals surface area contributed by atoms with Crippen LogP contribution in [0, 0.1) is 0 Å². The van der Waals surface area contributed by atoms with Crippen LogP contribution in [0.5, 0.6) is 0 Å². The van der Waals surface area contributed by atoms with Crippen molar-refractivity contribution >= 4 is 5.90 Å². The topological polar surface area (TPSA) is 21.6 Å². The zero-order valence-electron chi connectivity index (χ0n) is 17.2. The second-order valence-electron chi connectivity index (χ2n) is 8.98. The summed E-state index contributed by atoms with van der Waals surface area (Å²) in [7, 11) is 0. The monoisotopic (exact) mass is 355 g/mol. The van der Waals surface area contributed by atoms with Gasteiger partial charge in [-0.1, -0.05) is 76.1 Å². The molecule has 1 saturated carbocycles. The highest BCUT2D eigenvalue weighted by Gasteiger charge is 2.46. The van der Waals surface area contributed by atoms with E-state index in [4.69, 9.17) is 9.73 Å². The molecular formula is C24H37NO. The summed E-state index contributed by atoms with van der Waals surface area (Å²) >= 11 is 0. The molecule has 1 heterocycles. The van der Waals surface area contributed by atoms with E-state index in [-0.39, 0.29) is 11.0 Å². The van der Waals surface area contributed by atoms with Gasteiger partial charge in [-0.25, -0.2) is 4.99 Å². The number of ether oxygens (including phenoxy) is 1. The zero-order valence-corrected chi connectivity index (χ0v) is 17.2. The third kappa shape index (κ3) is 4.32. The quantitative estimate of drug-likeness (QED) is 0.457. The fraction of sp³-hybridized carbons (Fsp3) is 0.708. The van der Waals surface area contributed by atoms with Crippen molar-refractivity contribution in [3.63, 3.8) is 0 Å². The summed E-state index contributed by atoms with van der Waals surface area (Å²) < 4.78 is 6.18. The predicted molar refractivity (Wildman–Crippen MR) is 111 cm³/mol. The molecule has 26 heavy (non-hydrogen) atoms. The van der Waals surface area contributed by atoms with Crippen molar-refractivity contribution in [2.24, 2.45) is 4.99 Å². The molecule has 2 heteroatoms. The summed E-state index contributed by atoms with van der Waals surface area (Å²) in [5.74, 6) is 1.02. The summed E-state index contributed by atoms with van der Waals surface area (Å²) in [6, 6.07) is 9.12. The summed E-state index contributed by atoms with van der Waals surface area (Å²) in [6.45, 7) is 7.38. The maximum atomic E-state index is 6.18. The predicted octanol–water partition coefficient (Wildman–Crippen LogP) is 6.61. The molecule has 3 rings (SSSR count). The average Bonchev–Trinajstić information content (AvgIpc) is 3.26. The molecule has 0 aromatic heterocycles. The van der Waals surface area contributed by atoms with Crippen LogP contribution < -0.4 is 0 Å². The summed E-state index contributed by atoms with van der Waals surface area (Å²) in [4.78, 5) is 5.02. The largest absolute Gasteiger partial charge is 0.478 e. The lowest BCUT2D eigenvalue weighted by molar-refractivity contribution is 0.258. The van der Waals surface area contributed by atoms with E-state index in [0.29, 0.717) is 0 Å². The van der Waals surface area contributed by atoms with Gasteiger partial charge in [0, 0.05) is 0 Å². The lowest BCUT2D eigenvalue weighted by atomic mass is 9.75. The molecule has 0 radical (unpaired) electrons. The number of aryl methyl sites for hydroxylation is 1. The third-order valence-electron chi connectivity index (χ3n) is 6.17. The molecule has 0 saturated heterocycles. The molecule has 1 aromatic rings. The van der Waals surface area contributed by atoms with Crippen molar-refractivity contribution in [2.45, 2.75) is 102 Å². The van der Waals surface area contributed by atoms with E-state index in [2.05, 4.69) is 45.0 Å². The second-order valence-corrected chi connectivity index (χ2v) is 8.98. The highest BCUT2D eigenvalue weighted by molar-refractivity contribution is 5.90. The van der Waals surface area contributed by atoms with Crippen LogP contribution in [0.2, 0.25) is 0 Å². The van der Waals surface area contributed by atoms with Crippen molar-refractivity contribution in [3.8, 4) is 0 Å². The Morgan fingerprint density at radius 2 is 1.65 bits per heavy atom. The Morgan fingerprint density at radius 3 is 2.35 bits per heavy atom. The summed E-state index contributed by atoms with van der Waals surface area (Å²) in [6.07, 6.45) is 14.3. The normalized spacial score (nSPS) is 20.8. The minimum Gasteiger partial charge on any atom is -0.478 e. The van der Waals surface area contributed by atoms with Gasteiger partial charge in [-0.3, -0.25) is 0 Å². The van der Waals surface area contributed by atoms with Crippen molar-refractivity contribution in [1.82, 2.24) is 0 Å². The molecule has 0 amide bonds. The van der Waals surface area contributed by atoms with Crippen LogP contribution in [0.15, 0.2) is 29.3 Å². The molecule has 1 fully saturated rings. The number of hydrogen-bond acceptors (Lipinski definition) is 2. The minimum atomic E-state index is -0.0703. The van der Waals surface area contributed by atoms with Gasteiger partial charge in [-0.05, 0) is 50.7 Å². The number of unbranched alkanes of at least 4 members (excludes halogenated alkanes) is 5. The van der Waals surface area contributed by atoms with Crippen molar-refractivity contribution in [1.29, 1.82) is 0 Å². The second kappa shape index (κ2) is 8.59. The van der Waals surface area contributed by atoms with Gasteiger partial charge in [0.05, 0.1) is 11.0 Å². The van der Waals surface area contributed by atoms with Crippen LogP contribution in [0.3, 0.4) is 0 Å². The van der Waals surface area contributed by atoms with Gasteiger partial charge < -0.3 is 4.74 Å². The van der Waals surface area contributed by atoms with E-state index in [1.165, 1.54) is 81.8 Å². The SMILES string of the molecule is CCCCCCCCc1ccccc1C1(C2=NC(C)(C)CO2)CCCC1. The number of benzene rings is 1. The van der Waals surface area contributed by atoms with E-state index in [1.54, 1.807) is 0 Å².